The fourth-order valence-electron chi connectivity index (χ4n) is 1.40. The molecule has 0 amide bonds. The van der Waals surface area contributed by atoms with Gasteiger partial charge in [0.05, 0.1) is 5.69 Å². The number of nitrogens with one attached hydrogen (secondary N) is 2. The molecule has 18 heavy (non-hydrogen) atoms. The van der Waals surface area contributed by atoms with Crippen LogP contribution in [0.5, 0.6) is 0 Å². The molecule has 2 N–H and O–H groups in total. The predicted molar refractivity (Wildman–Crippen MR) is 65.8 cm³/mol. The van der Waals surface area contributed by atoms with Gasteiger partial charge in [0.2, 0.25) is 0 Å². The van der Waals surface area contributed by atoms with Crippen LogP contribution in [0.15, 0.2) is 33.9 Å². The summed E-state index contributed by atoms with van der Waals surface area (Å²) >= 11 is 0. The van der Waals surface area contributed by atoms with Crippen LogP contribution in [0, 0.1) is 6.92 Å². The molecule has 2 heterocycles. The van der Waals surface area contributed by atoms with Crippen molar-refractivity contribution in [1.29, 1.82) is 0 Å². The Labute approximate surface area is 104 Å². The SMILES string of the molecule is CNc1cccnc1S(=O)(=O)Nc1cc(C)on1. The third kappa shape index (κ3) is 2.43. The maximum absolute atomic E-state index is 12.1. The second kappa shape index (κ2) is 4.65. The van der Waals surface area contributed by atoms with Crippen molar-refractivity contribution in [3.63, 3.8) is 0 Å². The molecule has 0 radical (unpaired) electrons. The zero-order valence-corrected chi connectivity index (χ0v) is 10.7. The summed E-state index contributed by atoms with van der Waals surface area (Å²) in [4.78, 5) is 3.85. The molecule has 2 rings (SSSR count). The number of hydrogen-bond acceptors (Lipinski definition) is 6. The largest absolute Gasteiger partial charge is 0.386 e. The van der Waals surface area contributed by atoms with Crippen molar-refractivity contribution in [2.24, 2.45) is 0 Å². The molecule has 0 aliphatic heterocycles. The Kier molecular flexibility index (Phi) is 3.19. The monoisotopic (exact) mass is 268 g/mol. The third-order valence-electron chi connectivity index (χ3n) is 2.16. The van der Waals surface area contributed by atoms with Crippen molar-refractivity contribution in [2.75, 3.05) is 17.1 Å². The van der Waals surface area contributed by atoms with Crippen LogP contribution in [0.2, 0.25) is 0 Å². The van der Waals surface area contributed by atoms with Crippen LogP contribution in [0.25, 0.3) is 0 Å². The van der Waals surface area contributed by atoms with Gasteiger partial charge in [-0.3, -0.25) is 4.72 Å². The quantitative estimate of drug-likeness (QED) is 0.865. The fourth-order valence-corrected chi connectivity index (χ4v) is 2.52. The van der Waals surface area contributed by atoms with Crippen molar-refractivity contribution in [1.82, 2.24) is 10.1 Å². The van der Waals surface area contributed by atoms with Crippen LogP contribution in [-0.4, -0.2) is 25.6 Å². The molecule has 0 bridgehead atoms. The van der Waals surface area contributed by atoms with Gasteiger partial charge in [-0.15, -0.1) is 0 Å². The number of sulfonamides is 1. The smallest absolute Gasteiger partial charge is 0.282 e. The van der Waals surface area contributed by atoms with Gasteiger partial charge in [0.15, 0.2) is 10.8 Å². The Bertz CT molecular complexity index is 651. The highest BCUT2D eigenvalue weighted by molar-refractivity contribution is 7.92. The van der Waals surface area contributed by atoms with Gasteiger partial charge in [-0.1, -0.05) is 5.16 Å². The predicted octanol–water partition coefficient (Wildman–Crippen LogP) is 1.22. The topological polar surface area (TPSA) is 97.1 Å². The fraction of sp³-hybridized carbons (Fsp3) is 0.200. The van der Waals surface area contributed by atoms with Gasteiger partial charge in [-0.25, -0.2) is 4.98 Å². The van der Waals surface area contributed by atoms with Gasteiger partial charge in [0, 0.05) is 19.3 Å². The summed E-state index contributed by atoms with van der Waals surface area (Å²) in [7, 11) is -2.17. The van der Waals surface area contributed by atoms with E-state index in [0.29, 0.717) is 11.4 Å². The lowest BCUT2D eigenvalue weighted by molar-refractivity contribution is 0.400. The number of aromatic nitrogens is 2. The Morgan fingerprint density at radius 3 is 2.78 bits per heavy atom. The summed E-state index contributed by atoms with van der Waals surface area (Å²) in [5, 5.41) is 6.25. The van der Waals surface area contributed by atoms with E-state index in [4.69, 9.17) is 4.52 Å². The van der Waals surface area contributed by atoms with Crippen LogP contribution in [-0.2, 0) is 10.0 Å². The molecule has 2 aromatic rings. The summed E-state index contributed by atoms with van der Waals surface area (Å²) in [6.45, 7) is 1.67. The van der Waals surface area contributed by atoms with Crippen LogP contribution >= 0.6 is 0 Å². The lowest BCUT2D eigenvalue weighted by Gasteiger charge is -2.08. The highest BCUT2D eigenvalue weighted by Gasteiger charge is 2.21. The molecule has 7 nitrogen and oxygen atoms in total. The molecule has 0 unspecified atom stereocenters. The summed E-state index contributed by atoms with van der Waals surface area (Å²) in [6, 6.07) is 4.75. The van der Waals surface area contributed by atoms with E-state index < -0.39 is 10.0 Å². The van der Waals surface area contributed by atoms with E-state index in [1.54, 1.807) is 26.1 Å². The van der Waals surface area contributed by atoms with Crippen molar-refractivity contribution in [2.45, 2.75) is 11.9 Å². The first-order chi connectivity index (χ1) is 8.53. The zero-order chi connectivity index (χ0) is 13.2. The van der Waals surface area contributed by atoms with Crippen LogP contribution in [0.1, 0.15) is 5.76 Å². The highest BCUT2D eigenvalue weighted by atomic mass is 32.2. The maximum Gasteiger partial charge on any atom is 0.282 e. The molecular weight excluding hydrogens is 256 g/mol. The van der Waals surface area contributed by atoms with Gasteiger partial charge in [-0.2, -0.15) is 8.42 Å². The molecule has 0 aliphatic rings. The highest BCUT2D eigenvalue weighted by Crippen LogP contribution is 2.20. The maximum atomic E-state index is 12.1. The average Bonchev–Trinajstić information content (AvgIpc) is 2.74. The number of nitrogens with zero attached hydrogens (tertiary/aromatic N) is 2. The van der Waals surface area contributed by atoms with Gasteiger partial charge >= 0.3 is 0 Å². The van der Waals surface area contributed by atoms with Gasteiger partial charge in [-0.05, 0) is 19.1 Å². The van der Waals surface area contributed by atoms with E-state index in [0.717, 1.165) is 0 Å². The van der Waals surface area contributed by atoms with Crippen molar-refractivity contribution in [3.8, 4) is 0 Å². The number of hydrogen-bond donors (Lipinski definition) is 2. The Hall–Kier alpha value is -2.09. The zero-order valence-electron chi connectivity index (χ0n) is 9.84. The molecule has 0 saturated heterocycles. The molecule has 96 valence electrons. The summed E-state index contributed by atoms with van der Waals surface area (Å²) in [5.74, 6) is 0.641. The van der Waals surface area contributed by atoms with E-state index in [1.165, 1.54) is 12.3 Å². The summed E-state index contributed by atoms with van der Waals surface area (Å²) in [6.07, 6.45) is 1.41. The molecule has 0 aromatic carbocycles. The first-order valence-electron chi connectivity index (χ1n) is 5.12. The Morgan fingerprint density at radius 2 is 2.17 bits per heavy atom. The number of pyridine rings is 1. The molecule has 0 atom stereocenters. The van der Waals surface area contributed by atoms with E-state index in [-0.39, 0.29) is 10.8 Å². The third-order valence-corrected chi connectivity index (χ3v) is 3.47. The second-order valence-electron chi connectivity index (χ2n) is 3.53. The lowest BCUT2D eigenvalue weighted by atomic mass is 10.4. The van der Waals surface area contributed by atoms with Gasteiger partial charge in [0.25, 0.3) is 10.0 Å². The summed E-state index contributed by atoms with van der Waals surface area (Å²) in [5.41, 5.74) is 0.408. The van der Waals surface area contributed by atoms with Crippen molar-refractivity contribution < 1.29 is 12.9 Å². The van der Waals surface area contributed by atoms with E-state index in [1.807, 2.05) is 0 Å². The Balaban J connectivity index is 2.36. The average molecular weight is 268 g/mol. The van der Waals surface area contributed by atoms with Crippen LogP contribution in [0.3, 0.4) is 0 Å². The molecule has 0 saturated carbocycles. The number of anilines is 2. The molecule has 0 aliphatic carbocycles. The molecular formula is C10H12N4O3S. The molecule has 0 spiro atoms. The minimum Gasteiger partial charge on any atom is -0.386 e. The second-order valence-corrected chi connectivity index (χ2v) is 5.13. The first kappa shape index (κ1) is 12.4. The molecule has 0 fully saturated rings. The van der Waals surface area contributed by atoms with Crippen LogP contribution < -0.4 is 10.0 Å². The minimum absolute atomic E-state index is 0.0897. The molecule has 8 heteroatoms. The lowest BCUT2D eigenvalue weighted by Crippen LogP contribution is -2.16. The number of rotatable bonds is 4. The van der Waals surface area contributed by atoms with Gasteiger partial charge in [0.1, 0.15) is 5.76 Å². The van der Waals surface area contributed by atoms with Gasteiger partial charge < -0.3 is 9.84 Å². The standard InChI is InChI=1S/C10H12N4O3S/c1-7-6-9(13-17-7)14-18(15,16)10-8(11-2)4-3-5-12-10/h3-6,11H,1-2H3,(H,13,14). The first-order valence-corrected chi connectivity index (χ1v) is 6.60. The van der Waals surface area contributed by atoms with E-state index in [9.17, 15) is 8.42 Å². The van der Waals surface area contributed by atoms with Crippen molar-refractivity contribution in [3.05, 3.63) is 30.2 Å². The Morgan fingerprint density at radius 1 is 1.39 bits per heavy atom. The van der Waals surface area contributed by atoms with Crippen LogP contribution in [0.4, 0.5) is 11.5 Å². The van der Waals surface area contributed by atoms with Crippen molar-refractivity contribution >= 4 is 21.5 Å². The normalized spacial score (nSPS) is 11.2. The van der Waals surface area contributed by atoms with E-state index in [2.05, 4.69) is 20.2 Å². The minimum atomic E-state index is -3.79. The summed E-state index contributed by atoms with van der Waals surface area (Å²) < 4.78 is 31.3. The number of aryl methyl sites for hydroxylation is 1. The molecule has 2 aromatic heterocycles. The van der Waals surface area contributed by atoms with E-state index >= 15 is 0 Å².